The van der Waals surface area contributed by atoms with Crippen molar-refractivity contribution in [2.45, 2.75) is 65.1 Å². The molecule has 6 nitrogen and oxygen atoms in total. The van der Waals surface area contributed by atoms with Crippen molar-refractivity contribution in [2.75, 3.05) is 18.0 Å². The minimum atomic E-state index is -0.517. The van der Waals surface area contributed by atoms with Crippen LogP contribution in [0.25, 0.3) is 20.4 Å². The van der Waals surface area contributed by atoms with E-state index < -0.39 is 12.2 Å². The highest BCUT2D eigenvalue weighted by Gasteiger charge is 2.25. The van der Waals surface area contributed by atoms with Crippen LogP contribution in [0, 0.1) is 0 Å². The Balaban J connectivity index is 1.93. The number of rotatable bonds is 7. The number of anilines is 1. The topological polar surface area (TPSA) is 82.4 Å². The summed E-state index contributed by atoms with van der Waals surface area (Å²) in [4.78, 5) is 17.2. The van der Waals surface area contributed by atoms with E-state index in [9.17, 15) is 10.2 Å². The summed E-state index contributed by atoms with van der Waals surface area (Å²) in [6.07, 6.45) is 6.05. The molecule has 2 N–H and O–H groups in total. The Kier molecular flexibility index (Phi) is 5.49. The highest BCUT2D eigenvalue weighted by Crippen LogP contribution is 2.42. The van der Waals surface area contributed by atoms with Crippen molar-refractivity contribution in [2.24, 2.45) is 0 Å². The van der Waals surface area contributed by atoms with Crippen LogP contribution in [0.15, 0.2) is 6.33 Å². The molecule has 28 heavy (non-hydrogen) atoms. The lowest BCUT2D eigenvalue weighted by Gasteiger charge is -2.26. The van der Waals surface area contributed by atoms with Crippen LogP contribution in [0.4, 0.5) is 5.82 Å². The maximum Gasteiger partial charge on any atom is 0.150 e. The molecule has 0 spiro atoms. The molecular weight excluding hydrogens is 372 g/mol. The summed E-state index contributed by atoms with van der Waals surface area (Å²) < 4.78 is 0.994. The van der Waals surface area contributed by atoms with Gasteiger partial charge in [0.25, 0.3) is 0 Å². The predicted octanol–water partition coefficient (Wildman–Crippen LogP) is 3.25. The van der Waals surface area contributed by atoms with Crippen LogP contribution < -0.4 is 4.90 Å². The highest BCUT2D eigenvalue weighted by molar-refractivity contribution is 7.26. The normalized spacial score (nSPS) is 15.9. The number of fused-ring (bicyclic) bond motifs is 5. The Labute approximate surface area is 169 Å². The number of nitrogens with zero attached hydrogens (tertiary/aromatic N) is 4. The lowest BCUT2D eigenvalue weighted by atomic mass is 10.0. The molecule has 0 unspecified atom stereocenters. The molecule has 7 heteroatoms. The maximum atomic E-state index is 9.96. The van der Waals surface area contributed by atoms with E-state index in [-0.39, 0.29) is 0 Å². The summed E-state index contributed by atoms with van der Waals surface area (Å²) >= 11 is 1.64. The summed E-state index contributed by atoms with van der Waals surface area (Å²) in [5.74, 6) is 0.776. The molecule has 0 saturated heterocycles. The largest absolute Gasteiger partial charge is 0.392 e. The predicted molar refractivity (Wildman–Crippen MR) is 114 cm³/mol. The van der Waals surface area contributed by atoms with Gasteiger partial charge in [-0.1, -0.05) is 13.3 Å². The molecular formula is C21H28N4O2S. The molecule has 4 rings (SSSR count). The van der Waals surface area contributed by atoms with Crippen LogP contribution in [0.1, 0.15) is 50.4 Å². The van der Waals surface area contributed by atoms with E-state index in [4.69, 9.17) is 4.98 Å². The molecule has 150 valence electrons. The second-order valence-corrected chi connectivity index (χ2v) is 8.88. The van der Waals surface area contributed by atoms with Crippen LogP contribution in [0.3, 0.4) is 0 Å². The summed E-state index contributed by atoms with van der Waals surface area (Å²) in [5, 5.41) is 21.1. The van der Waals surface area contributed by atoms with E-state index in [0.717, 1.165) is 46.5 Å². The summed E-state index contributed by atoms with van der Waals surface area (Å²) in [5.41, 5.74) is 5.05. The number of aliphatic hydroxyl groups excluding tert-OH is 2. The third-order valence-corrected chi connectivity index (χ3v) is 6.36. The first-order chi connectivity index (χ1) is 13.5. The molecule has 3 aromatic rings. The smallest absolute Gasteiger partial charge is 0.150 e. The van der Waals surface area contributed by atoms with E-state index in [1.165, 1.54) is 28.6 Å². The molecule has 0 fully saturated rings. The van der Waals surface area contributed by atoms with Gasteiger partial charge in [-0.2, -0.15) is 0 Å². The summed E-state index contributed by atoms with van der Waals surface area (Å²) in [6, 6.07) is 0. The van der Waals surface area contributed by atoms with Crippen molar-refractivity contribution in [3.8, 4) is 0 Å². The van der Waals surface area contributed by atoms with E-state index in [2.05, 4.69) is 16.9 Å². The number of pyridine rings is 1. The number of aryl methyl sites for hydroxylation is 2. The van der Waals surface area contributed by atoms with Crippen molar-refractivity contribution < 1.29 is 10.2 Å². The number of thiophene rings is 1. The van der Waals surface area contributed by atoms with Crippen molar-refractivity contribution in [3.63, 3.8) is 0 Å². The van der Waals surface area contributed by atoms with Crippen molar-refractivity contribution in [3.05, 3.63) is 23.1 Å². The van der Waals surface area contributed by atoms with Crippen molar-refractivity contribution >= 4 is 37.6 Å². The van der Waals surface area contributed by atoms with Crippen LogP contribution in [-0.4, -0.2) is 50.5 Å². The number of hydrogen-bond donors (Lipinski definition) is 2. The Bertz CT molecular complexity index is 989. The lowest BCUT2D eigenvalue weighted by Crippen LogP contribution is -2.37. The highest BCUT2D eigenvalue weighted by atomic mass is 32.1. The Morgan fingerprint density at radius 2 is 1.82 bits per heavy atom. The van der Waals surface area contributed by atoms with Gasteiger partial charge in [0.15, 0.2) is 0 Å². The van der Waals surface area contributed by atoms with E-state index in [1.807, 2.05) is 4.90 Å². The molecule has 0 aromatic carbocycles. The summed E-state index contributed by atoms with van der Waals surface area (Å²) in [7, 11) is 0. The first kappa shape index (κ1) is 19.5. The van der Waals surface area contributed by atoms with Gasteiger partial charge in [-0.15, -0.1) is 11.3 Å². The third kappa shape index (κ3) is 3.47. The molecule has 3 heterocycles. The second-order valence-electron chi connectivity index (χ2n) is 7.88. The molecule has 0 radical (unpaired) electrons. The molecule has 1 aliphatic carbocycles. The van der Waals surface area contributed by atoms with Crippen LogP contribution >= 0.6 is 11.3 Å². The van der Waals surface area contributed by atoms with Gasteiger partial charge < -0.3 is 15.1 Å². The van der Waals surface area contributed by atoms with Gasteiger partial charge in [-0.3, -0.25) is 0 Å². The number of aromatic nitrogens is 3. The zero-order chi connectivity index (χ0) is 19.8. The minimum absolute atomic E-state index is 0.415. The average Bonchev–Trinajstić information content (AvgIpc) is 3.24. The molecule has 2 atom stereocenters. The van der Waals surface area contributed by atoms with Gasteiger partial charge in [0.1, 0.15) is 17.0 Å². The van der Waals surface area contributed by atoms with Crippen molar-refractivity contribution in [1.82, 2.24) is 15.0 Å². The zero-order valence-corrected chi connectivity index (χ0v) is 17.6. The second kappa shape index (κ2) is 7.89. The SMILES string of the molecule is CCCc1nc2sc3c(N(C[C@H](C)O)C[C@H](C)O)ncnc3c2c2c1CCC2. The Hall–Kier alpha value is -1.83. The third-order valence-electron chi connectivity index (χ3n) is 5.29. The standard InChI is InChI=1S/C21H28N4O2S/c1-4-6-16-14-7-5-8-15(14)17-18-19(28-21(17)24-16)20(23-11-22-18)25(9-12(2)26)10-13(3)27/h11-13,26-27H,4-10H2,1-3H3/t12-,13-/m0/s1. The molecule has 0 amide bonds. The molecule has 0 aliphatic heterocycles. The number of hydrogen-bond acceptors (Lipinski definition) is 7. The first-order valence-electron chi connectivity index (χ1n) is 10.2. The monoisotopic (exact) mass is 400 g/mol. The lowest BCUT2D eigenvalue weighted by molar-refractivity contribution is 0.178. The zero-order valence-electron chi connectivity index (χ0n) is 16.8. The minimum Gasteiger partial charge on any atom is -0.392 e. The summed E-state index contributed by atoms with van der Waals surface area (Å²) in [6.45, 7) is 6.54. The van der Waals surface area contributed by atoms with Gasteiger partial charge in [0.05, 0.1) is 22.4 Å². The number of aliphatic hydroxyl groups is 2. The maximum absolute atomic E-state index is 9.96. The fourth-order valence-electron chi connectivity index (χ4n) is 4.32. The van der Waals surface area contributed by atoms with Gasteiger partial charge in [0, 0.05) is 24.2 Å². The molecule has 3 aromatic heterocycles. The molecule has 0 saturated carbocycles. The van der Waals surface area contributed by atoms with Gasteiger partial charge in [-0.25, -0.2) is 15.0 Å². The van der Waals surface area contributed by atoms with Gasteiger partial charge in [0.2, 0.25) is 0 Å². The van der Waals surface area contributed by atoms with E-state index in [0.29, 0.717) is 13.1 Å². The fraction of sp³-hybridized carbons (Fsp3) is 0.571. The fourth-order valence-corrected chi connectivity index (χ4v) is 5.51. The quantitative estimate of drug-likeness (QED) is 0.634. The Morgan fingerprint density at radius 3 is 2.50 bits per heavy atom. The van der Waals surface area contributed by atoms with Crippen LogP contribution in [-0.2, 0) is 19.3 Å². The van der Waals surface area contributed by atoms with Gasteiger partial charge in [-0.05, 0) is 50.7 Å². The molecule has 0 bridgehead atoms. The molecule has 1 aliphatic rings. The van der Waals surface area contributed by atoms with Crippen LogP contribution in [0.2, 0.25) is 0 Å². The first-order valence-corrected chi connectivity index (χ1v) is 11.0. The van der Waals surface area contributed by atoms with Crippen LogP contribution in [0.5, 0.6) is 0 Å². The van der Waals surface area contributed by atoms with E-state index in [1.54, 1.807) is 31.5 Å². The average molecular weight is 401 g/mol. The van der Waals surface area contributed by atoms with Gasteiger partial charge >= 0.3 is 0 Å². The Morgan fingerprint density at radius 1 is 1.11 bits per heavy atom. The van der Waals surface area contributed by atoms with E-state index >= 15 is 0 Å². The van der Waals surface area contributed by atoms with Crippen molar-refractivity contribution in [1.29, 1.82) is 0 Å².